The van der Waals surface area contributed by atoms with Crippen LogP contribution in [0, 0.1) is 0 Å². The number of ether oxygens (including phenoxy) is 1. The molecular weight excluding hydrogens is 336 g/mol. The van der Waals surface area contributed by atoms with Gasteiger partial charge in [0.05, 0.1) is 17.0 Å². The van der Waals surface area contributed by atoms with Gasteiger partial charge in [-0.25, -0.2) is 0 Å². The Morgan fingerprint density at radius 1 is 1.28 bits per heavy atom. The van der Waals surface area contributed by atoms with Gasteiger partial charge in [0.2, 0.25) is 5.78 Å². The van der Waals surface area contributed by atoms with Crippen LogP contribution in [0.3, 0.4) is 0 Å². The third kappa shape index (κ3) is 3.06. The molecule has 0 aliphatic carbocycles. The van der Waals surface area contributed by atoms with Crippen molar-refractivity contribution in [3.05, 3.63) is 34.6 Å². The number of nitrogens with zero attached hydrogens (tertiary/aromatic N) is 4. The zero-order valence-corrected chi connectivity index (χ0v) is 15.2. The molecule has 132 valence electrons. The Kier molecular flexibility index (Phi) is 4.76. The molecule has 0 bridgehead atoms. The minimum atomic E-state index is 0.00418. The van der Waals surface area contributed by atoms with Crippen molar-refractivity contribution >= 4 is 28.4 Å². The number of rotatable bonds is 5. The second kappa shape index (κ2) is 7.17. The number of hydrogen-bond acceptors (Lipinski definition) is 5. The molecule has 1 atom stereocenters. The van der Waals surface area contributed by atoms with Crippen molar-refractivity contribution in [1.29, 1.82) is 0 Å². The largest absolute Gasteiger partial charge is 0.377 e. The molecule has 1 aliphatic heterocycles. The summed E-state index contributed by atoms with van der Waals surface area (Å²) in [5, 5.41) is 10.2. The smallest absolute Gasteiger partial charge is 0.262 e. The maximum Gasteiger partial charge on any atom is 0.262 e. The highest BCUT2D eigenvalue weighted by molar-refractivity contribution is 7.99. The van der Waals surface area contributed by atoms with E-state index in [0.29, 0.717) is 17.7 Å². The van der Waals surface area contributed by atoms with Crippen molar-refractivity contribution < 1.29 is 4.74 Å². The molecule has 0 radical (unpaired) electrons. The average molecular weight is 358 g/mol. The number of thioether (sulfide) groups is 1. The van der Waals surface area contributed by atoms with E-state index in [2.05, 4.69) is 17.1 Å². The van der Waals surface area contributed by atoms with Crippen LogP contribution in [0.4, 0.5) is 0 Å². The zero-order valence-electron chi connectivity index (χ0n) is 14.4. The minimum Gasteiger partial charge on any atom is -0.377 e. The minimum absolute atomic E-state index is 0.00418. The van der Waals surface area contributed by atoms with Gasteiger partial charge < -0.3 is 4.74 Å². The Labute approximate surface area is 150 Å². The molecule has 25 heavy (non-hydrogen) atoms. The van der Waals surface area contributed by atoms with E-state index >= 15 is 0 Å². The first-order chi connectivity index (χ1) is 12.3. The molecule has 4 rings (SSSR count). The van der Waals surface area contributed by atoms with Crippen LogP contribution in [0.5, 0.6) is 0 Å². The van der Waals surface area contributed by atoms with E-state index in [-0.39, 0.29) is 11.7 Å². The molecule has 0 amide bonds. The maximum atomic E-state index is 12.8. The monoisotopic (exact) mass is 358 g/mol. The van der Waals surface area contributed by atoms with Crippen molar-refractivity contribution in [2.45, 2.75) is 50.4 Å². The molecule has 3 heterocycles. The van der Waals surface area contributed by atoms with Gasteiger partial charge in [0.15, 0.2) is 5.16 Å². The van der Waals surface area contributed by atoms with Gasteiger partial charge >= 0.3 is 0 Å². The van der Waals surface area contributed by atoms with Crippen molar-refractivity contribution in [1.82, 2.24) is 19.2 Å². The Bertz CT molecular complexity index is 943. The quantitative estimate of drug-likeness (QED) is 0.656. The van der Waals surface area contributed by atoms with Crippen LogP contribution in [0.2, 0.25) is 0 Å². The summed E-state index contributed by atoms with van der Waals surface area (Å²) in [5.41, 5.74) is 0.872. The summed E-state index contributed by atoms with van der Waals surface area (Å²) in [5.74, 6) is 1.49. The predicted octanol–water partition coefficient (Wildman–Crippen LogP) is 3.12. The zero-order chi connectivity index (χ0) is 17.2. The van der Waals surface area contributed by atoms with E-state index in [4.69, 9.17) is 4.74 Å². The molecular formula is C18H22N4O2S. The van der Waals surface area contributed by atoms with Crippen LogP contribution >= 0.6 is 11.8 Å². The van der Waals surface area contributed by atoms with Crippen LogP contribution in [0.1, 0.15) is 32.6 Å². The SMILES string of the molecule is CCCn1c(=O)c2ccccc2n2c(SC[C@@H]3CCCCO3)nnc12. The Morgan fingerprint density at radius 3 is 2.96 bits per heavy atom. The standard InChI is InChI=1S/C18H22N4O2S/c1-2-10-21-16(23)14-8-3-4-9-15(14)22-17(21)19-20-18(22)25-12-13-7-5-6-11-24-13/h3-4,8-9,13H,2,5-7,10-12H2,1H3/t13-/m0/s1. The van der Waals surface area contributed by atoms with Crippen LogP contribution < -0.4 is 5.56 Å². The van der Waals surface area contributed by atoms with Gasteiger partial charge in [0, 0.05) is 18.9 Å². The first kappa shape index (κ1) is 16.6. The number of aromatic nitrogens is 4. The average Bonchev–Trinajstić information content (AvgIpc) is 3.08. The van der Waals surface area contributed by atoms with E-state index in [1.165, 1.54) is 6.42 Å². The van der Waals surface area contributed by atoms with Gasteiger partial charge in [0.1, 0.15) is 0 Å². The summed E-state index contributed by atoms with van der Waals surface area (Å²) in [6.07, 6.45) is 4.64. The van der Waals surface area contributed by atoms with Crippen molar-refractivity contribution in [3.8, 4) is 0 Å². The first-order valence-electron chi connectivity index (χ1n) is 8.90. The maximum absolute atomic E-state index is 12.8. The summed E-state index contributed by atoms with van der Waals surface area (Å²) >= 11 is 1.66. The number of hydrogen-bond donors (Lipinski definition) is 0. The van der Waals surface area contributed by atoms with Gasteiger partial charge in [-0.3, -0.25) is 13.8 Å². The van der Waals surface area contributed by atoms with Crippen molar-refractivity contribution in [3.63, 3.8) is 0 Å². The molecule has 0 unspecified atom stereocenters. The second-order valence-electron chi connectivity index (χ2n) is 6.39. The normalized spacial score (nSPS) is 18.2. The highest BCUT2D eigenvalue weighted by Crippen LogP contribution is 2.25. The molecule has 1 saturated heterocycles. The number of fused-ring (bicyclic) bond motifs is 3. The third-order valence-electron chi connectivity index (χ3n) is 4.60. The van der Waals surface area contributed by atoms with Crippen LogP contribution in [0.25, 0.3) is 16.7 Å². The van der Waals surface area contributed by atoms with Gasteiger partial charge in [-0.05, 0) is 37.8 Å². The molecule has 0 N–H and O–H groups in total. The lowest BCUT2D eigenvalue weighted by Gasteiger charge is -2.21. The molecule has 1 aliphatic rings. The molecule has 0 saturated carbocycles. The summed E-state index contributed by atoms with van der Waals surface area (Å²) in [7, 11) is 0. The van der Waals surface area contributed by atoms with E-state index in [1.807, 2.05) is 28.7 Å². The second-order valence-corrected chi connectivity index (χ2v) is 7.38. The lowest BCUT2D eigenvalue weighted by molar-refractivity contribution is 0.0315. The Morgan fingerprint density at radius 2 is 2.16 bits per heavy atom. The topological polar surface area (TPSA) is 61.4 Å². The van der Waals surface area contributed by atoms with Crippen LogP contribution in [0.15, 0.2) is 34.2 Å². The highest BCUT2D eigenvalue weighted by Gasteiger charge is 2.19. The Hall–Kier alpha value is -1.86. The fourth-order valence-electron chi connectivity index (χ4n) is 3.36. The number of aryl methyl sites for hydroxylation is 1. The molecule has 2 aromatic heterocycles. The van der Waals surface area contributed by atoms with E-state index in [1.54, 1.807) is 16.3 Å². The van der Waals surface area contributed by atoms with E-state index in [9.17, 15) is 4.79 Å². The lowest BCUT2D eigenvalue weighted by atomic mass is 10.1. The number of para-hydroxylation sites is 1. The number of benzene rings is 1. The Balaban J connectivity index is 1.79. The van der Waals surface area contributed by atoms with Crippen molar-refractivity contribution in [2.75, 3.05) is 12.4 Å². The van der Waals surface area contributed by atoms with Gasteiger partial charge in [-0.2, -0.15) is 0 Å². The van der Waals surface area contributed by atoms with Gasteiger partial charge in [0.25, 0.3) is 5.56 Å². The van der Waals surface area contributed by atoms with E-state index < -0.39 is 0 Å². The highest BCUT2D eigenvalue weighted by atomic mass is 32.2. The lowest BCUT2D eigenvalue weighted by Crippen LogP contribution is -2.23. The molecule has 1 aromatic carbocycles. The van der Waals surface area contributed by atoms with Gasteiger partial charge in [-0.1, -0.05) is 30.8 Å². The fourth-order valence-corrected chi connectivity index (χ4v) is 4.36. The molecule has 7 heteroatoms. The summed E-state index contributed by atoms with van der Waals surface area (Å²) in [6.45, 7) is 3.55. The molecule has 6 nitrogen and oxygen atoms in total. The summed E-state index contributed by atoms with van der Waals surface area (Å²) < 4.78 is 9.57. The van der Waals surface area contributed by atoms with Crippen LogP contribution in [-0.4, -0.2) is 37.6 Å². The first-order valence-corrected chi connectivity index (χ1v) is 9.89. The summed E-state index contributed by atoms with van der Waals surface area (Å²) in [4.78, 5) is 12.8. The van der Waals surface area contributed by atoms with Crippen LogP contribution in [-0.2, 0) is 11.3 Å². The van der Waals surface area contributed by atoms with Crippen molar-refractivity contribution in [2.24, 2.45) is 0 Å². The van der Waals surface area contributed by atoms with E-state index in [0.717, 1.165) is 42.3 Å². The fraction of sp³-hybridized carbons (Fsp3) is 0.500. The summed E-state index contributed by atoms with van der Waals surface area (Å²) in [6, 6.07) is 7.69. The molecule has 0 spiro atoms. The van der Waals surface area contributed by atoms with Gasteiger partial charge in [-0.15, -0.1) is 10.2 Å². The molecule has 1 fully saturated rings. The molecule has 3 aromatic rings. The predicted molar refractivity (Wildman–Crippen MR) is 99.4 cm³/mol. The third-order valence-corrected chi connectivity index (χ3v) is 5.66.